The highest BCUT2D eigenvalue weighted by atomic mass is 35.5. The van der Waals surface area contributed by atoms with Crippen molar-refractivity contribution in [1.82, 2.24) is 9.80 Å². The predicted molar refractivity (Wildman–Crippen MR) is 94.7 cm³/mol. The van der Waals surface area contributed by atoms with Crippen molar-refractivity contribution >= 4 is 11.6 Å². The normalized spacial score (nSPS) is 22.5. The maximum atomic E-state index is 6.03. The minimum absolute atomic E-state index is 0.397. The fourth-order valence-corrected chi connectivity index (χ4v) is 4.07. The highest BCUT2D eigenvalue weighted by Crippen LogP contribution is 2.49. The minimum Gasteiger partial charge on any atom is -0.302 e. The number of likely N-dealkylation sites (N-methyl/N-ethyl adjacent to an activating group) is 1. The van der Waals surface area contributed by atoms with E-state index in [-0.39, 0.29) is 0 Å². The van der Waals surface area contributed by atoms with Gasteiger partial charge in [-0.2, -0.15) is 0 Å². The average Bonchev–Trinajstić information content (AvgIpc) is 3.28. The molecule has 2 nitrogen and oxygen atoms in total. The number of benzene rings is 1. The van der Waals surface area contributed by atoms with Crippen molar-refractivity contribution in [3.63, 3.8) is 0 Å². The maximum Gasteiger partial charge on any atom is 0.0406 e. The summed E-state index contributed by atoms with van der Waals surface area (Å²) >= 11 is 6.03. The number of halogens is 1. The molecule has 0 radical (unpaired) electrons. The van der Waals surface area contributed by atoms with Crippen LogP contribution >= 0.6 is 11.6 Å². The van der Waals surface area contributed by atoms with Crippen molar-refractivity contribution in [1.29, 1.82) is 0 Å². The molecule has 2 aliphatic rings. The van der Waals surface area contributed by atoms with Crippen molar-refractivity contribution in [2.45, 2.75) is 57.0 Å². The molecule has 0 unspecified atom stereocenters. The van der Waals surface area contributed by atoms with Crippen molar-refractivity contribution in [3.05, 3.63) is 34.9 Å². The molecule has 1 aliphatic heterocycles. The van der Waals surface area contributed by atoms with Crippen LogP contribution in [0.5, 0.6) is 0 Å². The van der Waals surface area contributed by atoms with Gasteiger partial charge in [-0.05, 0) is 77.4 Å². The van der Waals surface area contributed by atoms with Crippen LogP contribution in [0, 0.1) is 0 Å². The predicted octanol–water partition coefficient (Wildman–Crippen LogP) is 4.18. The Balaban J connectivity index is 1.58. The summed E-state index contributed by atoms with van der Waals surface area (Å²) in [6.07, 6.45) is 5.27. The van der Waals surface area contributed by atoms with Gasteiger partial charge in [0, 0.05) is 29.1 Å². The Bertz CT molecular complexity index is 485. The third kappa shape index (κ3) is 3.50. The fourth-order valence-electron chi connectivity index (χ4n) is 3.94. The van der Waals surface area contributed by atoms with E-state index in [1.165, 1.54) is 50.9 Å². The first-order valence-electron chi connectivity index (χ1n) is 8.70. The van der Waals surface area contributed by atoms with Gasteiger partial charge in [0.2, 0.25) is 0 Å². The van der Waals surface area contributed by atoms with Gasteiger partial charge in [-0.25, -0.2) is 0 Å². The molecule has 1 saturated carbocycles. The lowest BCUT2D eigenvalue weighted by Gasteiger charge is -2.39. The van der Waals surface area contributed by atoms with Gasteiger partial charge in [0.1, 0.15) is 0 Å². The fraction of sp³-hybridized carbons (Fsp3) is 0.684. The van der Waals surface area contributed by atoms with Crippen molar-refractivity contribution in [3.8, 4) is 0 Å². The Morgan fingerprint density at radius 2 is 1.77 bits per heavy atom. The molecule has 0 bridgehead atoms. The van der Waals surface area contributed by atoms with E-state index in [1.54, 1.807) is 0 Å². The SMILES string of the molecule is CC(C)N1CCC(N(C)CC2(c3ccc(Cl)cc3)CC2)CC1. The van der Waals surface area contributed by atoms with Crippen molar-refractivity contribution < 1.29 is 0 Å². The van der Waals surface area contributed by atoms with Crippen molar-refractivity contribution in [2.24, 2.45) is 0 Å². The Morgan fingerprint density at radius 3 is 2.27 bits per heavy atom. The largest absolute Gasteiger partial charge is 0.302 e. The van der Waals surface area contributed by atoms with Gasteiger partial charge in [-0.15, -0.1) is 0 Å². The Hall–Kier alpha value is -0.570. The van der Waals surface area contributed by atoms with E-state index in [4.69, 9.17) is 11.6 Å². The summed E-state index contributed by atoms with van der Waals surface area (Å²) in [5, 5.41) is 0.842. The van der Waals surface area contributed by atoms with E-state index in [1.807, 2.05) is 12.1 Å². The summed E-state index contributed by atoms with van der Waals surface area (Å²) in [5.41, 5.74) is 1.87. The second-order valence-electron chi connectivity index (χ2n) is 7.56. The molecule has 1 heterocycles. The quantitative estimate of drug-likeness (QED) is 0.803. The topological polar surface area (TPSA) is 6.48 Å². The smallest absolute Gasteiger partial charge is 0.0406 e. The van der Waals surface area contributed by atoms with Crippen LogP contribution in [-0.4, -0.2) is 48.6 Å². The summed E-state index contributed by atoms with van der Waals surface area (Å²) < 4.78 is 0. The number of piperidine rings is 1. The number of likely N-dealkylation sites (tertiary alicyclic amines) is 1. The molecule has 0 amide bonds. The van der Waals surface area contributed by atoms with Crippen LogP contribution in [-0.2, 0) is 5.41 Å². The molecule has 3 heteroatoms. The molecule has 1 saturated heterocycles. The van der Waals surface area contributed by atoms with Crippen LogP contribution in [0.2, 0.25) is 5.02 Å². The Morgan fingerprint density at radius 1 is 1.18 bits per heavy atom. The molecule has 0 spiro atoms. The summed E-state index contributed by atoms with van der Waals surface area (Å²) in [4.78, 5) is 5.23. The van der Waals surface area contributed by atoms with Gasteiger partial charge in [-0.3, -0.25) is 0 Å². The summed E-state index contributed by atoms with van der Waals surface area (Å²) in [6, 6.07) is 9.97. The number of hydrogen-bond acceptors (Lipinski definition) is 2. The van der Waals surface area contributed by atoms with Crippen LogP contribution in [0.4, 0.5) is 0 Å². The van der Waals surface area contributed by atoms with Gasteiger partial charge < -0.3 is 9.80 Å². The highest BCUT2D eigenvalue weighted by molar-refractivity contribution is 6.30. The molecule has 0 atom stereocenters. The van der Waals surface area contributed by atoms with E-state index in [0.717, 1.165) is 11.1 Å². The molecular weight excluding hydrogens is 292 g/mol. The van der Waals surface area contributed by atoms with Crippen LogP contribution in [0.3, 0.4) is 0 Å². The number of hydrogen-bond donors (Lipinski definition) is 0. The molecule has 2 fully saturated rings. The first-order valence-corrected chi connectivity index (χ1v) is 9.08. The van der Waals surface area contributed by atoms with E-state index in [9.17, 15) is 0 Å². The molecule has 122 valence electrons. The van der Waals surface area contributed by atoms with Crippen LogP contribution in [0.25, 0.3) is 0 Å². The second-order valence-corrected chi connectivity index (χ2v) is 8.00. The molecule has 0 N–H and O–H groups in total. The summed E-state index contributed by atoms with van der Waals surface area (Å²) in [6.45, 7) is 8.32. The first kappa shape index (κ1) is 16.3. The second kappa shape index (κ2) is 6.51. The monoisotopic (exact) mass is 320 g/mol. The van der Waals surface area contributed by atoms with Crippen LogP contribution in [0.1, 0.15) is 45.1 Å². The summed E-state index contributed by atoms with van der Waals surface area (Å²) in [5.74, 6) is 0. The van der Waals surface area contributed by atoms with Gasteiger partial charge in [-0.1, -0.05) is 23.7 Å². The number of nitrogens with zero attached hydrogens (tertiary/aromatic N) is 2. The summed E-state index contributed by atoms with van der Waals surface area (Å²) in [7, 11) is 2.33. The van der Waals surface area contributed by atoms with E-state index in [0.29, 0.717) is 11.5 Å². The van der Waals surface area contributed by atoms with Gasteiger partial charge in [0.05, 0.1) is 0 Å². The van der Waals surface area contributed by atoms with E-state index in [2.05, 4.69) is 42.8 Å². The maximum absolute atomic E-state index is 6.03. The first-order chi connectivity index (χ1) is 10.5. The Kier molecular flexibility index (Phi) is 4.82. The minimum atomic E-state index is 0.397. The third-order valence-corrected chi connectivity index (χ3v) is 5.97. The lowest BCUT2D eigenvalue weighted by atomic mass is 9.93. The van der Waals surface area contributed by atoms with Crippen LogP contribution < -0.4 is 0 Å². The molecule has 1 aromatic rings. The lowest BCUT2D eigenvalue weighted by Crippen LogP contribution is -2.47. The molecular formula is C19H29ClN2. The van der Waals surface area contributed by atoms with Crippen LogP contribution in [0.15, 0.2) is 24.3 Å². The van der Waals surface area contributed by atoms with Gasteiger partial charge >= 0.3 is 0 Å². The zero-order valence-electron chi connectivity index (χ0n) is 14.2. The number of rotatable bonds is 5. The zero-order valence-corrected chi connectivity index (χ0v) is 14.9. The van der Waals surface area contributed by atoms with Crippen molar-refractivity contribution in [2.75, 3.05) is 26.7 Å². The Labute approximate surface area is 140 Å². The zero-order chi connectivity index (χ0) is 15.7. The lowest BCUT2D eigenvalue weighted by molar-refractivity contribution is 0.102. The van der Waals surface area contributed by atoms with E-state index >= 15 is 0 Å². The molecule has 1 aromatic carbocycles. The molecule has 1 aliphatic carbocycles. The molecule has 22 heavy (non-hydrogen) atoms. The molecule has 3 rings (SSSR count). The average molecular weight is 321 g/mol. The highest BCUT2D eigenvalue weighted by Gasteiger charge is 2.45. The van der Waals surface area contributed by atoms with Gasteiger partial charge in [0.15, 0.2) is 0 Å². The standard InChI is InChI=1S/C19H29ClN2/c1-15(2)22-12-8-18(9-13-22)21(3)14-19(10-11-19)16-4-6-17(20)7-5-16/h4-7,15,18H,8-14H2,1-3H3. The van der Waals surface area contributed by atoms with Gasteiger partial charge in [0.25, 0.3) is 0 Å². The van der Waals surface area contributed by atoms with E-state index < -0.39 is 0 Å². The molecule has 0 aromatic heterocycles. The third-order valence-electron chi connectivity index (χ3n) is 5.71.